The van der Waals surface area contributed by atoms with Gasteiger partial charge in [0.1, 0.15) is 0 Å². The van der Waals surface area contributed by atoms with Crippen molar-refractivity contribution in [2.24, 2.45) is 0 Å². The van der Waals surface area contributed by atoms with Crippen LogP contribution in [0.4, 0.5) is 0 Å². The summed E-state index contributed by atoms with van der Waals surface area (Å²) in [5, 5.41) is 3.63. The molecule has 0 bridgehead atoms. The van der Waals surface area contributed by atoms with Gasteiger partial charge in [0, 0.05) is 53.9 Å². The molecule has 88 valence electrons. The maximum Gasteiger partial charge on any atom is 0.0416 e. The molecular weight excluding hydrogens is 236 g/mol. The summed E-state index contributed by atoms with van der Waals surface area (Å²) in [7, 11) is 0. The topological polar surface area (TPSA) is 24.9 Å². The van der Waals surface area contributed by atoms with E-state index in [-0.39, 0.29) is 0 Å². The van der Waals surface area contributed by atoms with E-state index in [9.17, 15) is 0 Å². The van der Waals surface area contributed by atoms with Crippen LogP contribution in [-0.4, -0.2) is 40.6 Å². The van der Waals surface area contributed by atoms with Crippen LogP contribution in [0.25, 0.3) is 0 Å². The SMILES string of the molecule is c1ccc(CCNC2CSCCSC2)nc1. The maximum absolute atomic E-state index is 4.33. The summed E-state index contributed by atoms with van der Waals surface area (Å²) in [4.78, 5) is 4.33. The fraction of sp³-hybridized carbons (Fsp3) is 0.583. The van der Waals surface area contributed by atoms with Gasteiger partial charge < -0.3 is 5.32 Å². The Labute approximate surface area is 106 Å². The van der Waals surface area contributed by atoms with Crippen LogP contribution in [0.3, 0.4) is 0 Å². The average molecular weight is 254 g/mol. The van der Waals surface area contributed by atoms with Crippen molar-refractivity contribution in [1.29, 1.82) is 0 Å². The van der Waals surface area contributed by atoms with Crippen LogP contribution in [0.15, 0.2) is 24.4 Å². The minimum absolute atomic E-state index is 0.682. The second kappa shape index (κ2) is 7.20. The second-order valence-electron chi connectivity index (χ2n) is 3.87. The van der Waals surface area contributed by atoms with Gasteiger partial charge in [-0.3, -0.25) is 4.98 Å². The molecule has 1 saturated heterocycles. The fourth-order valence-electron chi connectivity index (χ4n) is 1.69. The molecule has 1 aliphatic heterocycles. The standard InChI is InChI=1S/C12H18N2S2/c1-2-5-13-11(3-1)4-6-14-12-9-15-7-8-16-10-12/h1-3,5,12,14H,4,6-10H2. The van der Waals surface area contributed by atoms with Crippen LogP contribution >= 0.6 is 23.5 Å². The lowest BCUT2D eigenvalue weighted by Crippen LogP contribution is -2.34. The Bertz CT molecular complexity index is 284. The first-order chi connectivity index (χ1) is 7.95. The van der Waals surface area contributed by atoms with Gasteiger partial charge in [-0.05, 0) is 12.1 Å². The molecule has 1 aromatic heterocycles. The van der Waals surface area contributed by atoms with Crippen molar-refractivity contribution >= 4 is 23.5 Å². The second-order valence-corrected chi connectivity index (χ2v) is 6.17. The first kappa shape index (κ1) is 12.3. The van der Waals surface area contributed by atoms with E-state index in [1.807, 2.05) is 12.3 Å². The van der Waals surface area contributed by atoms with Crippen LogP contribution in [0.2, 0.25) is 0 Å². The normalized spacial score (nSPS) is 18.2. The zero-order chi connectivity index (χ0) is 11.1. The molecule has 0 atom stereocenters. The lowest BCUT2D eigenvalue weighted by Gasteiger charge is -2.14. The van der Waals surface area contributed by atoms with Crippen LogP contribution in [0.5, 0.6) is 0 Å². The Hall–Kier alpha value is -0.190. The molecule has 1 aromatic rings. The van der Waals surface area contributed by atoms with Gasteiger partial charge in [0.2, 0.25) is 0 Å². The summed E-state index contributed by atoms with van der Waals surface area (Å²) < 4.78 is 0. The third kappa shape index (κ3) is 4.36. The molecule has 2 nitrogen and oxygen atoms in total. The minimum atomic E-state index is 0.682. The molecule has 4 heteroatoms. The van der Waals surface area contributed by atoms with Gasteiger partial charge in [-0.1, -0.05) is 6.07 Å². The van der Waals surface area contributed by atoms with Crippen molar-refractivity contribution in [3.8, 4) is 0 Å². The third-order valence-corrected chi connectivity index (χ3v) is 5.07. The Morgan fingerprint density at radius 3 is 2.75 bits per heavy atom. The highest BCUT2D eigenvalue weighted by molar-refractivity contribution is 8.03. The van der Waals surface area contributed by atoms with Crippen LogP contribution in [0.1, 0.15) is 5.69 Å². The average Bonchev–Trinajstić information content (AvgIpc) is 2.59. The summed E-state index contributed by atoms with van der Waals surface area (Å²) >= 11 is 4.14. The molecule has 0 aliphatic carbocycles. The lowest BCUT2D eigenvalue weighted by atomic mass is 10.2. The Morgan fingerprint density at radius 1 is 1.25 bits per heavy atom. The molecule has 0 unspecified atom stereocenters. The van der Waals surface area contributed by atoms with E-state index >= 15 is 0 Å². The predicted octanol–water partition coefficient (Wildman–Crippen LogP) is 2.06. The van der Waals surface area contributed by atoms with Crippen LogP contribution in [0, 0.1) is 0 Å². The number of nitrogens with zero attached hydrogens (tertiary/aromatic N) is 1. The van der Waals surface area contributed by atoms with Crippen molar-refractivity contribution < 1.29 is 0 Å². The predicted molar refractivity (Wildman–Crippen MR) is 74.4 cm³/mol. The van der Waals surface area contributed by atoms with Crippen molar-refractivity contribution in [1.82, 2.24) is 10.3 Å². The van der Waals surface area contributed by atoms with Crippen molar-refractivity contribution in [2.75, 3.05) is 29.6 Å². The van der Waals surface area contributed by atoms with Crippen molar-refractivity contribution in [3.05, 3.63) is 30.1 Å². The molecule has 2 heterocycles. The zero-order valence-corrected chi connectivity index (χ0v) is 11.0. The Morgan fingerprint density at radius 2 is 2.06 bits per heavy atom. The summed E-state index contributed by atoms with van der Waals surface area (Å²) in [6.07, 6.45) is 2.90. The summed E-state index contributed by atoms with van der Waals surface area (Å²) in [6, 6.07) is 6.80. The molecule has 0 saturated carbocycles. The molecule has 16 heavy (non-hydrogen) atoms. The number of hydrogen-bond donors (Lipinski definition) is 1. The molecular formula is C12H18N2S2. The summed E-state index contributed by atoms with van der Waals surface area (Å²) in [6.45, 7) is 1.04. The van der Waals surface area contributed by atoms with E-state index in [0.29, 0.717) is 6.04 Å². The number of nitrogens with one attached hydrogen (secondary N) is 1. The lowest BCUT2D eigenvalue weighted by molar-refractivity contribution is 0.601. The quantitative estimate of drug-likeness (QED) is 0.889. The number of pyridine rings is 1. The largest absolute Gasteiger partial charge is 0.312 e. The van der Waals surface area contributed by atoms with Crippen molar-refractivity contribution in [2.45, 2.75) is 12.5 Å². The third-order valence-electron chi connectivity index (χ3n) is 2.55. The van der Waals surface area contributed by atoms with E-state index < -0.39 is 0 Å². The Balaban J connectivity index is 1.67. The van der Waals surface area contributed by atoms with Crippen LogP contribution in [-0.2, 0) is 6.42 Å². The van der Waals surface area contributed by atoms with Gasteiger partial charge >= 0.3 is 0 Å². The first-order valence-electron chi connectivity index (χ1n) is 5.74. The molecule has 2 rings (SSSR count). The molecule has 1 N–H and O–H groups in total. The number of aromatic nitrogens is 1. The summed E-state index contributed by atoms with van der Waals surface area (Å²) in [5.74, 6) is 5.14. The highest BCUT2D eigenvalue weighted by Crippen LogP contribution is 2.16. The minimum Gasteiger partial charge on any atom is -0.312 e. The van der Waals surface area contributed by atoms with E-state index in [1.54, 1.807) is 0 Å². The monoisotopic (exact) mass is 254 g/mol. The molecule has 0 amide bonds. The maximum atomic E-state index is 4.33. The summed E-state index contributed by atoms with van der Waals surface area (Å²) in [5.41, 5.74) is 1.18. The first-order valence-corrected chi connectivity index (χ1v) is 8.05. The van der Waals surface area contributed by atoms with E-state index in [4.69, 9.17) is 0 Å². The highest BCUT2D eigenvalue weighted by Gasteiger charge is 2.11. The molecule has 1 aliphatic rings. The fourth-order valence-corrected chi connectivity index (χ4v) is 4.15. The number of hydrogen-bond acceptors (Lipinski definition) is 4. The van der Waals surface area contributed by atoms with E-state index in [1.165, 1.54) is 28.7 Å². The van der Waals surface area contributed by atoms with Gasteiger partial charge in [-0.15, -0.1) is 0 Å². The van der Waals surface area contributed by atoms with Crippen molar-refractivity contribution in [3.63, 3.8) is 0 Å². The zero-order valence-electron chi connectivity index (χ0n) is 9.39. The van der Waals surface area contributed by atoms with Gasteiger partial charge in [-0.2, -0.15) is 23.5 Å². The molecule has 1 fully saturated rings. The van der Waals surface area contributed by atoms with Gasteiger partial charge in [0.05, 0.1) is 0 Å². The van der Waals surface area contributed by atoms with E-state index in [0.717, 1.165) is 13.0 Å². The van der Waals surface area contributed by atoms with Gasteiger partial charge in [0.25, 0.3) is 0 Å². The van der Waals surface area contributed by atoms with Gasteiger partial charge in [-0.25, -0.2) is 0 Å². The molecule has 0 aromatic carbocycles. The number of thioether (sulfide) groups is 2. The Kier molecular flexibility index (Phi) is 5.52. The van der Waals surface area contributed by atoms with Crippen LogP contribution < -0.4 is 5.32 Å². The van der Waals surface area contributed by atoms with E-state index in [2.05, 4.69) is 46.0 Å². The number of rotatable bonds is 4. The smallest absolute Gasteiger partial charge is 0.0416 e. The molecule has 0 radical (unpaired) electrons. The molecule has 0 spiro atoms. The van der Waals surface area contributed by atoms with Gasteiger partial charge in [0.15, 0.2) is 0 Å². The highest BCUT2D eigenvalue weighted by atomic mass is 32.2.